The van der Waals surface area contributed by atoms with Crippen LogP contribution in [0, 0.1) is 0 Å². The average molecular weight is 312 g/mol. The molecule has 0 saturated carbocycles. The molecule has 1 aliphatic rings. The standard InChI is InChI=1S/C15H19Cl2N3/c1-19-10-11(4-7-20-8-5-18-6-9-20)12-2-3-13(16)14(17)15(12)19/h2-3,10,18H,4-9H2,1H3. The molecule has 0 radical (unpaired) electrons. The number of nitrogens with zero attached hydrogens (tertiary/aromatic N) is 2. The summed E-state index contributed by atoms with van der Waals surface area (Å²) in [6.07, 6.45) is 3.23. The Hall–Kier alpha value is -0.740. The Morgan fingerprint density at radius 1 is 1.20 bits per heavy atom. The molecule has 0 unspecified atom stereocenters. The van der Waals surface area contributed by atoms with Gasteiger partial charge in [0.25, 0.3) is 0 Å². The predicted molar refractivity (Wildman–Crippen MR) is 86.0 cm³/mol. The van der Waals surface area contributed by atoms with Crippen molar-refractivity contribution in [1.82, 2.24) is 14.8 Å². The second kappa shape index (κ2) is 5.94. The lowest BCUT2D eigenvalue weighted by Crippen LogP contribution is -2.44. The Labute approximate surface area is 129 Å². The first-order chi connectivity index (χ1) is 9.66. The van der Waals surface area contributed by atoms with E-state index in [4.69, 9.17) is 23.2 Å². The fraction of sp³-hybridized carbons (Fsp3) is 0.467. The highest BCUT2D eigenvalue weighted by Gasteiger charge is 2.14. The minimum atomic E-state index is 0.619. The molecule has 1 aliphatic heterocycles. The van der Waals surface area contributed by atoms with Gasteiger partial charge in [0.15, 0.2) is 0 Å². The number of halogens is 2. The van der Waals surface area contributed by atoms with Crippen molar-refractivity contribution in [2.24, 2.45) is 7.05 Å². The Morgan fingerprint density at radius 2 is 1.95 bits per heavy atom. The van der Waals surface area contributed by atoms with Gasteiger partial charge < -0.3 is 14.8 Å². The molecular formula is C15H19Cl2N3. The van der Waals surface area contributed by atoms with Crippen LogP contribution in [0.5, 0.6) is 0 Å². The normalized spacial score (nSPS) is 16.9. The van der Waals surface area contributed by atoms with Gasteiger partial charge in [-0.05, 0) is 18.1 Å². The first-order valence-corrected chi connectivity index (χ1v) is 7.77. The van der Waals surface area contributed by atoms with E-state index in [0.29, 0.717) is 10.0 Å². The maximum Gasteiger partial charge on any atom is 0.0835 e. The summed E-state index contributed by atoms with van der Waals surface area (Å²) >= 11 is 12.4. The molecule has 0 atom stereocenters. The molecule has 1 aromatic carbocycles. The number of aryl methyl sites for hydroxylation is 1. The van der Waals surface area contributed by atoms with Crippen molar-refractivity contribution < 1.29 is 0 Å². The SMILES string of the molecule is Cn1cc(CCN2CCNCC2)c2ccc(Cl)c(Cl)c21. The Kier molecular flexibility index (Phi) is 4.22. The average Bonchev–Trinajstić information content (AvgIpc) is 2.79. The third kappa shape index (κ3) is 2.68. The summed E-state index contributed by atoms with van der Waals surface area (Å²) in [5, 5.41) is 5.87. The zero-order chi connectivity index (χ0) is 14.1. The van der Waals surface area contributed by atoms with Crippen LogP contribution in [-0.4, -0.2) is 42.2 Å². The van der Waals surface area contributed by atoms with E-state index in [-0.39, 0.29) is 0 Å². The summed E-state index contributed by atoms with van der Waals surface area (Å²) in [5.74, 6) is 0. The van der Waals surface area contributed by atoms with Crippen LogP contribution in [0.15, 0.2) is 18.3 Å². The Balaban J connectivity index is 1.83. The summed E-state index contributed by atoms with van der Waals surface area (Å²) in [6.45, 7) is 5.56. The maximum absolute atomic E-state index is 6.32. The molecule has 2 heterocycles. The zero-order valence-corrected chi connectivity index (χ0v) is 13.1. The van der Waals surface area contributed by atoms with Crippen LogP contribution in [0.4, 0.5) is 0 Å². The number of hydrogen-bond donors (Lipinski definition) is 1. The van der Waals surface area contributed by atoms with Gasteiger partial charge in [0.2, 0.25) is 0 Å². The minimum absolute atomic E-state index is 0.619. The molecule has 1 fully saturated rings. The fourth-order valence-corrected chi connectivity index (χ4v) is 3.37. The second-order valence-corrected chi connectivity index (χ2v) is 6.15. The Morgan fingerprint density at radius 3 is 2.70 bits per heavy atom. The number of piperazine rings is 1. The molecule has 1 aromatic heterocycles. The molecule has 3 nitrogen and oxygen atoms in total. The van der Waals surface area contributed by atoms with E-state index >= 15 is 0 Å². The Bertz CT molecular complexity index is 615. The van der Waals surface area contributed by atoms with Gasteiger partial charge in [-0.15, -0.1) is 0 Å². The van der Waals surface area contributed by atoms with Crippen LogP contribution in [0.1, 0.15) is 5.56 Å². The van der Waals surface area contributed by atoms with Crippen molar-refractivity contribution in [1.29, 1.82) is 0 Å². The summed E-state index contributed by atoms with van der Waals surface area (Å²) in [4.78, 5) is 2.51. The molecule has 1 saturated heterocycles. The third-order valence-corrected chi connectivity index (χ3v) is 4.82. The number of hydrogen-bond acceptors (Lipinski definition) is 2. The highest BCUT2D eigenvalue weighted by atomic mass is 35.5. The molecule has 108 valence electrons. The lowest BCUT2D eigenvalue weighted by Gasteiger charge is -2.26. The van der Waals surface area contributed by atoms with Crippen molar-refractivity contribution in [2.45, 2.75) is 6.42 Å². The van der Waals surface area contributed by atoms with E-state index < -0.39 is 0 Å². The van der Waals surface area contributed by atoms with Crippen molar-refractivity contribution in [3.05, 3.63) is 33.9 Å². The van der Waals surface area contributed by atoms with Crippen LogP contribution >= 0.6 is 23.2 Å². The molecule has 1 N–H and O–H groups in total. The molecule has 0 amide bonds. The van der Waals surface area contributed by atoms with Gasteiger partial charge in [-0.25, -0.2) is 0 Å². The van der Waals surface area contributed by atoms with Crippen LogP contribution < -0.4 is 5.32 Å². The molecule has 3 rings (SSSR count). The fourth-order valence-electron chi connectivity index (χ4n) is 2.92. The summed E-state index contributed by atoms with van der Waals surface area (Å²) in [6, 6.07) is 3.97. The van der Waals surface area contributed by atoms with Gasteiger partial charge in [0.05, 0.1) is 15.6 Å². The quantitative estimate of drug-likeness (QED) is 0.940. The van der Waals surface area contributed by atoms with Crippen LogP contribution in [-0.2, 0) is 13.5 Å². The number of fused-ring (bicyclic) bond motifs is 1. The molecule has 0 bridgehead atoms. The van der Waals surface area contributed by atoms with E-state index in [1.54, 1.807) is 0 Å². The molecule has 0 aliphatic carbocycles. The largest absolute Gasteiger partial charge is 0.349 e. The van der Waals surface area contributed by atoms with Gasteiger partial charge >= 0.3 is 0 Å². The third-order valence-electron chi connectivity index (χ3n) is 4.02. The van der Waals surface area contributed by atoms with Gasteiger partial charge in [-0.1, -0.05) is 29.3 Å². The summed E-state index contributed by atoms with van der Waals surface area (Å²) in [7, 11) is 2.03. The highest BCUT2D eigenvalue weighted by Crippen LogP contribution is 2.33. The van der Waals surface area contributed by atoms with E-state index in [0.717, 1.165) is 44.7 Å². The smallest absolute Gasteiger partial charge is 0.0835 e. The second-order valence-electron chi connectivity index (χ2n) is 5.36. The van der Waals surface area contributed by atoms with Gasteiger partial charge in [0, 0.05) is 51.4 Å². The summed E-state index contributed by atoms with van der Waals surface area (Å²) < 4.78 is 2.08. The topological polar surface area (TPSA) is 20.2 Å². The van der Waals surface area contributed by atoms with Crippen molar-refractivity contribution in [2.75, 3.05) is 32.7 Å². The molecule has 5 heteroatoms. The molecule has 0 spiro atoms. The number of rotatable bonds is 3. The van der Waals surface area contributed by atoms with Crippen LogP contribution in [0.2, 0.25) is 10.0 Å². The minimum Gasteiger partial charge on any atom is -0.349 e. The van der Waals surface area contributed by atoms with Gasteiger partial charge in [-0.2, -0.15) is 0 Å². The van der Waals surface area contributed by atoms with Crippen molar-refractivity contribution in [3.63, 3.8) is 0 Å². The lowest BCUT2D eigenvalue weighted by molar-refractivity contribution is 0.244. The van der Waals surface area contributed by atoms with E-state index in [9.17, 15) is 0 Å². The first kappa shape index (κ1) is 14.2. The summed E-state index contributed by atoms with van der Waals surface area (Å²) in [5.41, 5.74) is 2.38. The first-order valence-electron chi connectivity index (χ1n) is 7.02. The van der Waals surface area contributed by atoms with E-state index in [1.807, 2.05) is 13.1 Å². The maximum atomic E-state index is 6.32. The van der Waals surface area contributed by atoms with Gasteiger partial charge in [0.1, 0.15) is 0 Å². The van der Waals surface area contributed by atoms with Crippen molar-refractivity contribution >= 4 is 34.1 Å². The number of benzene rings is 1. The van der Waals surface area contributed by atoms with Gasteiger partial charge in [-0.3, -0.25) is 0 Å². The monoisotopic (exact) mass is 311 g/mol. The van der Waals surface area contributed by atoms with Crippen LogP contribution in [0.3, 0.4) is 0 Å². The predicted octanol–water partition coefficient (Wildman–Crippen LogP) is 2.93. The van der Waals surface area contributed by atoms with Crippen LogP contribution in [0.25, 0.3) is 10.9 Å². The molecule has 20 heavy (non-hydrogen) atoms. The molecular weight excluding hydrogens is 293 g/mol. The molecule has 2 aromatic rings. The van der Waals surface area contributed by atoms with E-state index in [2.05, 4.69) is 27.0 Å². The number of nitrogens with one attached hydrogen (secondary N) is 1. The van der Waals surface area contributed by atoms with Crippen molar-refractivity contribution in [3.8, 4) is 0 Å². The lowest BCUT2D eigenvalue weighted by atomic mass is 10.1. The highest BCUT2D eigenvalue weighted by molar-refractivity contribution is 6.45. The number of aromatic nitrogens is 1. The zero-order valence-electron chi connectivity index (χ0n) is 11.6. The van der Waals surface area contributed by atoms with E-state index in [1.165, 1.54) is 10.9 Å².